The Bertz CT molecular complexity index is 257. The highest BCUT2D eigenvalue weighted by atomic mass is 32.3. The maximum atomic E-state index is 2.36. The molecule has 1 rings (SSSR count). The van der Waals surface area contributed by atoms with E-state index in [-0.39, 0.29) is 10.0 Å². The molecule has 0 radical (unpaired) electrons. The zero-order valence-corrected chi connectivity index (χ0v) is 11.7. The minimum absolute atomic E-state index is 0.345. The Morgan fingerprint density at radius 1 is 0.933 bits per heavy atom. The quantitative estimate of drug-likeness (QED) is 0.657. The van der Waals surface area contributed by atoms with Gasteiger partial charge in [0.25, 0.3) is 0 Å². The van der Waals surface area contributed by atoms with Gasteiger partial charge in [-0.05, 0) is 29.4 Å². The Labute approximate surface area is 100 Å². The maximum absolute atomic E-state index is 2.36. The van der Waals surface area contributed by atoms with Gasteiger partial charge in [-0.1, -0.05) is 39.0 Å². The van der Waals surface area contributed by atoms with E-state index in [4.69, 9.17) is 0 Å². The molecule has 0 heterocycles. The first-order valence-electron chi connectivity index (χ1n) is 5.68. The standard InChI is InChI=1S/C13H22S2/c1-4-15(5-2,6-3)12-14-13-10-8-7-9-11-13/h7-11H,4-6,12H2,1-3H3. The molecule has 0 saturated heterocycles. The highest BCUT2D eigenvalue weighted by Crippen LogP contribution is 2.50. The van der Waals surface area contributed by atoms with Crippen molar-refractivity contribution in [3.63, 3.8) is 0 Å². The predicted octanol–water partition coefficient (Wildman–Crippen LogP) is 4.60. The zero-order valence-electron chi connectivity index (χ0n) is 10.0. The van der Waals surface area contributed by atoms with Crippen LogP contribution in [0.3, 0.4) is 0 Å². The fraction of sp³-hybridized carbons (Fsp3) is 0.538. The van der Waals surface area contributed by atoms with Crippen LogP contribution in [-0.2, 0) is 0 Å². The number of benzene rings is 1. The molecule has 1 aromatic rings. The molecule has 0 aromatic heterocycles. The van der Waals surface area contributed by atoms with E-state index in [9.17, 15) is 0 Å². The van der Waals surface area contributed by atoms with Gasteiger partial charge in [0.05, 0.1) is 0 Å². The zero-order chi connectivity index (χ0) is 11.1. The summed E-state index contributed by atoms with van der Waals surface area (Å²) < 4.78 is 0. The molecule has 0 fully saturated rings. The van der Waals surface area contributed by atoms with Gasteiger partial charge in [0, 0.05) is 9.98 Å². The summed E-state index contributed by atoms with van der Waals surface area (Å²) >= 11 is 2.04. The van der Waals surface area contributed by atoms with Crippen molar-refractivity contribution in [1.29, 1.82) is 0 Å². The third kappa shape index (κ3) is 3.76. The number of hydrogen-bond acceptors (Lipinski definition) is 1. The van der Waals surface area contributed by atoms with E-state index in [0.29, 0.717) is 0 Å². The third-order valence-electron chi connectivity index (χ3n) is 3.06. The third-order valence-corrected chi connectivity index (χ3v) is 9.81. The van der Waals surface area contributed by atoms with Crippen LogP contribution in [0.1, 0.15) is 20.8 Å². The molecular weight excluding hydrogens is 220 g/mol. The number of rotatable bonds is 6. The minimum Gasteiger partial charge on any atom is -0.232 e. The van der Waals surface area contributed by atoms with Gasteiger partial charge in [0.1, 0.15) is 0 Å². The lowest BCUT2D eigenvalue weighted by molar-refractivity contribution is 1.34. The van der Waals surface area contributed by atoms with E-state index in [1.54, 1.807) is 0 Å². The Kier molecular flexibility index (Phi) is 5.62. The first-order valence-corrected chi connectivity index (χ1v) is 8.97. The van der Waals surface area contributed by atoms with Crippen LogP contribution in [-0.4, -0.2) is 22.3 Å². The summed E-state index contributed by atoms with van der Waals surface area (Å²) in [6.45, 7) is 7.07. The van der Waals surface area contributed by atoms with Gasteiger partial charge in [-0.3, -0.25) is 0 Å². The number of thioether (sulfide) groups is 1. The van der Waals surface area contributed by atoms with Gasteiger partial charge >= 0.3 is 0 Å². The fourth-order valence-electron chi connectivity index (χ4n) is 1.57. The lowest BCUT2D eigenvalue weighted by Gasteiger charge is -2.36. The lowest BCUT2D eigenvalue weighted by Crippen LogP contribution is -2.11. The molecule has 0 nitrogen and oxygen atoms in total. The van der Waals surface area contributed by atoms with Crippen molar-refractivity contribution >= 4 is 21.8 Å². The SMILES string of the molecule is CCS(CC)(CC)CSc1ccccc1. The average Bonchev–Trinajstić information content (AvgIpc) is 2.33. The maximum Gasteiger partial charge on any atom is 0.0283 e. The molecule has 0 saturated carbocycles. The summed E-state index contributed by atoms with van der Waals surface area (Å²) in [6, 6.07) is 10.8. The van der Waals surface area contributed by atoms with Crippen LogP contribution in [0.5, 0.6) is 0 Å². The molecule has 0 unspecified atom stereocenters. The van der Waals surface area contributed by atoms with E-state index in [2.05, 4.69) is 51.1 Å². The molecule has 0 bridgehead atoms. The smallest absolute Gasteiger partial charge is 0.0283 e. The predicted molar refractivity (Wildman–Crippen MR) is 76.4 cm³/mol. The molecule has 0 aliphatic carbocycles. The molecule has 2 heteroatoms. The summed E-state index contributed by atoms with van der Waals surface area (Å²) in [6.07, 6.45) is 0. The topological polar surface area (TPSA) is 0 Å². The van der Waals surface area contributed by atoms with Crippen molar-refractivity contribution in [2.75, 3.05) is 22.3 Å². The highest BCUT2D eigenvalue weighted by Gasteiger charge is 2.17. The molecule has 15 heavy (non-hydrogen) atoms. The van der Waals surface area contributed by atoms with Crippen molar-refractivity contribution in [1.82, 2.24) is 0 Å². The van der Waals surface area contributed by atoms with Gasteiger partial charge in [0.2, 0.25) is 0 Å². The van der Waals surface area contributed by atoms with Gasteiger partial charge in [0.15, 0.2) is 0 Å². The molecule has 0 amide bonds. The van der Waals surface area contributed by atoms with E-state index in [0.717, 1.165) is 0 Å². The van der Waals surface area contributed by atoms with Crippen LogP contribution in [0.2, 0.25) is 0 Å². The van der Waals surface area contributed by atoms with Gasteiger partial charge in [-0.15, -0.1) is 11.8 Å². The van der Waals surface area contributed by atoms with Crippen LogP contribution in [0.25, 0.3) is 0 Å². The molecule has 0 N–H and O–H groups in total. The fourth-order valence-corrected chi connectivity index (χ4v) is 6.69. The second kappa shape index (κ2) is 6.49. The number of hydrogen-bond donors (Lipinski definition) is 0. The van der Waals surface area contributed by atoms with Gasteiger partial charge in [-0.25, -0.2) is 10.0 Å². The summed E-state index contributed by atoms with van der Waals surface area (Å²) in [5.41, 5.74) is 0. The molecule has 0 spiro atoms. The van der Waals surface area contributed by atoms with Gasteiger partial charge < -0.3 is 0 Å². The monoisotopic (exact) mass is 242 g/mol. The lowest BCUT2D eigenvalue weighted by atomic mass is 10.4. The van der Waals surface area contributed by atoms with Crippen molar-refractivity contribution in [3.8, 4) is 0 Å². The Morgan fingerprint density at radius 2 is 1.47 bits per heavy atom. The second-order valence-electron chi connectivity index (χ2n) is 3.67. The Balaban J connectivity index is 2.54. The van der Waals surface area contributed by atoms with Gasteiger partial charge in [-0.2, -0.15) is 0 Å². The molecule has 86 valence electrons. The highest BCUT2D eigenvalue weighted by molar-refractivity contribution is 8.39. The normalized spacial score (nSPS) is 12.7. The van der Waals surface area contributed by atoms with Crippen molar-refractivity contribution < 1.29 is 0 Å². The minimum atomic E-state index is -0.345. The van der Waals surface area contributed by atoms with Crippen LogP contribution in [0.15, 0.2) is 35.2 Å². The molecule has 0 aliphatic rings. The van der Waals surface area contributed by atoms with Crippen LogP contribution >= 0.6 is 21.8 Å². The molecule has 0 aliphatic heterocycles. The van der Waals surface area contributed by atoms with Crippen molar-refractivity contribution in [3.05, 3.63) is 30.3 Å². The largest absolute Gasteiger partial charge is 0.232 e. The second-order valence-corrected chi connectivity index (χ2v) is 9.55. The van der Waals surface area contributed by atoms with E-state index >= 15 is 0 Å². The van der Waals surface area contributed by atoms with Crippen molar-refractivity contribution in [2.24, 2.45) is 0 Å². The molecule has 0 atom stereocenters. The van der Waals surface area contributed by atoms with E-state index in [1.165, 1.54) is 27.2 Å². The molecular formula is C13H22S2. The summed E-state index contributed by atoms with van der Waals surface area (Å²) in [5.74, 6) is 4.12. The molecule has 1 aromatic carbocycles. The van der Waals surface area contributed by atoms with Crippen LogP contribution in [0, 0.1) is 0 Å². The summed E-state index contributed by atoms with van der Waals surface area (Å²) in [5, 5.41) is 1.33. The van der Waals surface area contributed by atoms with Crippen LogP contribution < -0.4 is 0 Å². The summed E-state index contributed by atoms with van der Waals surface area (Å²) in [4.78, 5) is 1.42. The van der Waals surface area contributed by atoms with Crippen LogP contribution in [0.4, 0.5) is 0 Å². The first kappa shape index (κ1) is 13.0. The van der Waals surface area contributed by atoms with E-state index in [1.807, 2.05) is 11.8 Å². The Morgan fingerprint density at radius 3 is 1.93 bits per heavy atom. The Hall–Kier alpha value is -0.0800. The average molecular weight is 242 g/mol. The summed E-state index contributed by atoms with van der Waals surface area (Å²) in [7, 11) is -0.345. The first-order chi connectivity index (χ1) is 7.26. The van der Waals surface area contributed by atoms with E-state index < -0.39 is 0 Å². The van der Waals surface area contributed by atoms with Crippen molar-refractivity contribution in [2.45, 2.75) is 25.7 Å².